The topological polar surface area (TPSA) is 52.3 Å². The molecule has 0 aliphatic heterocycles. The zero-order chi connectivity index (χ0) is 13.1. The molecule has 3 nitrogen and oxygen atoms in total. The third-order valence-corrected chi connectivity index (χ3v) is 1.78. The van der Waals surface area contributed by atoms with Crippen molar-refractivity contribution in [3.8, 4) is 0 Å². The van der Waals surface area contributed by atoms with Crippen molar-refractivity contribution >= 4 is 5.97 Å². The SMILES string of the molecule is COC(=O)C(N)CC(C(F)(F)F)C(F)(F)F. The van der Waals surface area contributed by atoms with Crippen LogP contribution in [0.5, 0.6) is 0 Å². The number of hydrogen-bond acceptors (Lipinski definition) is 3. The third-order valence-electron chi connectivity index (χ3n) is 1.78. The van der Waals surface area contributed by atoms with E-state index >= 15 is 0 Å². The summed E-state index contributed by atoms with van der Waals surface area (Å²) >= 11 is 0. The molecule has 0 aromatic rings. The lowest BCUT2D eigenvalue weighted by atomic mass is 9.99. The number of esters is 1. The van der Waals surface area contributed by atoms with Crippen LogP contribution in [-0.2, 0) is 9.53 Å². The van der Waals surface area contributed by atoms with Crippen molar-refractivity contribution in [3.63, 3.8) is 0 Å². The van der Waals surface area contributed by atoms with Gasteiger partial charge in [0.25, 0.3) is 0 Å². The Labute approximate surface area is 86.5 Å². The number of carbonyl (C=O) groups excluding carboxylic acids is 1. The number of hydrogen-bond donors (Lipinski definition) is 1. The minimum absolute atomic E-state index is 0.818. The van der Waals surface area contributed by atoms with Gasteiger partial charge in [-0.15, -0.1) is 0 Å². The quantitative estimate of drug-likeness (QED) is 0.614. The van der Waals surface area contributed by atoms with Crippen LogP contribution in [0.25, 0.3) is 0 Å². The maximum Gasteiger partial charge on any atom is 0.400 e. The van der Waals surface area contributed by atoms with Gasteiger partial charge in [0.15, 0.2) is 5.92 Å². The number of nitrogens with two attached hydrogens (primary N) is 1. The maximum absolute atomic E-state index is 12.0. The predicted molar refractivity (Wildman–Crippen MR) is 40.2 cm³/mol. The lowest BCUT2D eigenvalue weighted by molar-refractivity contribution is -0.286. The molecule has 0 heterocycles. The van der Waals surface area contributed by atoms with Gasteiger partial charge in [-0.3, -0.25) is 4.79 Å². The molecule has 0 fully saturated rings. The monoisotopic (exact) mass is 253 g/mol. The number of rotatable bonds is 3. The zero-order valence-electron chi connectivity index (χ0n) is 8.02. The Bertz CT molecular complexity index is 234. The molecule has 0 amide bonds. The molecule has 9 heteroatoms. The molecule has 1 atom stereocenters. The summed E-state index contributed by atoms with van der Waals surface area (Å²) in [5.41, 5.74) is 4.85. The van der Waals surface area contributed by atoms with Gasteiger partial charge >= 0.3 is 18.3 Å². The smallest absolute Gasteiger partial charge is 0.400 e. The summed E-state index contributed by atoms with van der Waals surface area (Å²) in [6, 6.07) is -1.96. The normalized spacial score (nSPS) is 15.1. The summed E-state index contributed by atoms with van der Waals surface area (Å²) < 4.78 is 76.0. The standard InChI is InChI=1S/C7H9F6NO2/c1-16-5(15)3(14)2-4(6(8,9)10)7(11,12)13/h3-4H,2,14H2,1H3. The first-order chi connectivity index (χ1) is 7.00. The Balaban J connectivity index is 4.77. The van der Waals surface area contributed by atoms with E-state index in [1.807, 2.05) is 0 Å². The second-order valence-corrected chi connectivity index (χ2v) is 3.00. The molecular weight excluding hydrogens is 244 g/mol. The van der Waals surface area contributed by atoms with E-state index in [1.165, 1.54) is 0 Å². The summed E-state index contributed by atoms with van der Waals surface area (Å²) in [6.07, 6.45) is -12.6. The molecule has 0 aliphatic rings. The first-order valence-electron chi connectivity index (χ1n) is 3.97. The molecule has 0 saturated carbocycles. The molecule has 0 aliphatic carbocycles. The molecule has 0 aromatic heterocycles. The molecule has 2 N–H and O–H groups in total. The lowest BCUT2D eigenvalue weighted by Gasteiger charge is -2.24. The van der Waals surface area contributed by atoms with E-state index in [9.17, 15) is 31.1 Å². The molecule has 0 spiro atoms. The molecule has 96 valence electrons. The predicted octanol–water partition coefficient (Wildman–Crippen LogP) is 1.62. The number of halogens is 6. The van der Waals surface area contributed by atoms with Crippen molar-refractivity contribution < 1.29 is 35.9 Å². The van der Waals surface area contributed by atoms with Gasteiger partial charge in [0.2, 0.25) is 0 Å². The van der Waals surface area contributed by atoms with Crippen LogP contribution in [0, 0.1) is 5.92 Å². The van der Waals surface area contributed by atoms with Gasteiger partial charge in [-0.25, -0.2) is 0 Å². The van der Waals surface area contributed by atoms with Crippen molar-refractivity contribution in [1.82, 2.24) is 0 Å². The van der Waals surface area contributed by atoms with Crippen LogP contribution < -0.4 is 5.73 Å². The van der Waals surface area contributed by atoms with Crippen LogP contribution in [-0.4, -0.2) is 31.5 Å². The van der Waals surface area contributed by atoms with Crippen LogP contribution in [0.4, 0.5) is 26.3 Å². The van der Waals surface area contributed by atoms with E-state index < -0.39 is 36.7 Å². The van der Waals surface area contributed by atoms with Crippen LogP contribution in [0.1, 0.15) is 6.42 Å². The lowest BCUT2D eigenvalue weighted by Crippen LogP contribution is -2.43. The third kappa shape index (κ3) is 4.25. The fraction of sp³-hybridized carbons (Fsp3) is 0.857. The van der Waals surface area contributed by atoms with Gasteiger partial charge in [-0.1, -0.05) is 0 Å². The van der Waals surface area contributed by atoms with Crippen molar-refractivity contribution in [2.45, 2.75) is 24.8 Å². The van der Waals surface area contributed by atoms with Crippen LogP contribution in [0.15, 0.2) is 0 Å². The average molecular weight is 253 g/mol. The van der Waals surface area contributed by atoms with E-state index in [1.54, 1.807) is 0 Å². The molecule has 0 aromatic carbocycles. The van der Waals surface area contributed by atoms with E-state index in [0.29, 0.717) is 0 Å². The van der Waals surface area contributed by atoms with Crippen molar-refractivity contribution in [1.29, 1.82) is 0 Å². The average Bonchev–Trinajstić information content (AvgIpc) is 2.08. The highest BCUT2D eigenvalue weighted by Crippen LogP contribution is 2.41. The Morgan fingerprint density at radius 1 is 1.19 bits per heavy atom. The van der Waals surface area contributed by atoms with Crippen molar-refractivity contribution in [3.05, 3.63) is 0 Å². The summed E-state index contributed by atoms with van der Waals surface area (Å²) in [5, 5.41) is 0. The summed E-state index contributed by atoms with van der Waals surface area (Å²) in [5.74, 6) is -4.95. The van der Waals surface area contributed by atoms with Gasteiger partial charge in [0, 0.05) is 0 Å². The van der Waals surface area contributed by atoms with E-state index in [4.69, 9.17) is 5.73 Å². The number of carbonyl (C=O) groups is 1. The van der Waals surface area contributed by atoms with E-state index in [2.05, 4.69) is 4.74 Å². The van der Waals surface area contributed by atoms with Crippen LogP contribution in [0.2, 0.25) is 0 Å². The summed E-state index contributed by atoms with van der Waals surface area (Å²) in [7, 11) is 0.818. The molecule has 0 radical (unpaired) electrons. The Hall–Kier alpha value is -0.990. The van der Waals surface area contributed by atoms with Gasteiger partial charge < -0.3 is 10.5 Å². The molecule has 0 rings (SSSR count). The van der Waals surface area contributed by atoms with Gasteiger partial charge in [0.1, 0.15) is 6.04 Å². The first kappa shape index (κ1) is 15.0. The van der Waals surface area contributed by atoms with Crippen molar-refractivity contribution in [2.75, 3.05) is 7.11 Å². The van der Waals surface area contributed by atoms with Crippen LogP contribution >= 0.6 is 0 Å². The minimum atomic E-state index is -5.50. The second kappa shape index (κ2) is 4.89. The molecule has 0 bridgehead atoms. The Morgan fingerprint density at radius 3 is 1.81 bits per heavy atom. The largest absolute Gasteiger partial charge is 0.468 e. The van der Waals surface area contributed by atoms with Gasteiger partial charge in [0.05, 0.1) is 7.11 Å². The Kier molecular flexibility index (Phi) is 4.59. The maximum atomic E-state index is 12.0. The number of alkyl halides is 6. The van der Waals surface area contributed by atoms with E-state index in [-0.39, 0.29) is 0 Å². The summed E-state index contributed by atoms with van der Waals surface area (Å²) in [6.45, 7) is 0. The molecule has 1 unspecified atom stereocenters. The number of methoxy groups -OCH3 is 1. The van der Waals surface area contributed by atoms with Crippen LogP contribution in [0.3, 0.4) is 0 Å². The molecular formula is C7H9F6NO2. The first-order valence-corrected chi connectivity index (χ1v) is 3.97. The number of ether oxygens (including phenoxy) is 1. The zero-order valence-corrected chi connectivity index (χ0v) is 8.02. The Morgan fingerprint density at radius 2 is 1.56 bits per heavy atom. The highest BCUT2D eigenvalue weighted by molar-refractivity contribution is 5.75. The van der Waals surface area contributed by atoms with Gasteiger partial charge in [-0.05, 0) is 6.42 Å². The second-order valence-electron chi connectivity index (χ2n) is 3.00. The minimum Gasteiger partial charge on any atom is -0.468 e. The van der Waals surface area contributed by atoms with Gasteiger partial charge in [-0.2, -0.15) is 26.3 Å². The fourth-order valence-corrected chi connectivity index (χ4v) is 0.954. The highest BCUT2D eigenvalue weighted by Gasteiger charge is 2.57. The highest BCUT2D eigenvalue weighted by atomic mass is 19.4. The van der Waals surface area contributed by atoms with Crippen molar-refractivity contribution in [2.24, 2.45) is 11.7 Å². The summed E-state index contributed by atoms with van der Waals surface area (Å²) in [4.78, 5) is 10.6. The molecule has 0 saturated heterocycles. The molecule has 16 heavy (non-hydrogen) atoms. The fourth-order valence-electron chi connectivity index (χ4n) is 0.954. The van der Waals surface area contributed by atoms with E-state index in [0.717, 1.165) is 7.11 Å².